The molecule has 4 nitrogen and oxygen atoms in total. The first kappa shape index (κ1) is 20.1. The lowest BCUT2D eigenvalue weighted by atomic mass is 10.2. The van der Waals surface area contributed by atoms with Crippen LogP contribution < -0.4 is 4.90 Å². The highest BCUT2D eigenvalue weighted by Crippen LogP contribution is 2.30. The van der Waals surface area contributed by atoms with Gasteiger partial charge in [0.15, 0.2) is 5.13 Å². The van der Waals surface area contributed by atoms with E-state index >= 15 is 0 Å². The van der Waals surface area contributed by atoms with Crippen LogP contribution in [0.3, 0.4) is 0 Å². The Hall–Kier alpha value is -1.66. The van der Waals surface area contributed by atoms with Crippen LogP contribution in [0, 0.1) is 0 Å². The van der Waals surface area contributed by atoms with E-state index < -0.39 is 0 Å². The Morgan fingerprint density at radius 2 is 1.70 bits per heavy atom. The molecular formula is C20H21Cl2N3OS. The van der Waals surface area contributed by atoms with Crippen LogP contribution in [-0.4, -0.2) is 42.0 Å². The van der Waals surface area contributed by atoms with Crippen LogP contribution in [0.15, 0.2) is 42.5 Å². The summed E-state index contributed by atoms with van der Waals surface area (Å²) >= 11 is 13.7. The average Bonchev–Trinajstić information content (AvgIpc) is 3.08. The van der Waals surface area contributed by atoms with Gasteiger partial charge in [0.1, 0.15) is 0 Å². The fourth-order valence-electron chi connectivity index (χ4n) is 2.87. The van der Waals surface area contributed by atoms with Crippen molar-refractivity contribution in [1.29, 1.82) is 0 Å². The van der Waals surface area contributed by atoms with Crippen molar-refractivity contribution in [3.05, 3.63) is 58.1 Å². The number of thiazole rings is 1. The fraction of sp³-hybridized carbons (Fsp3) is 0.300. The molecule has 0 aliphatic heterocycles. The van der Waals surface area contributed by atoms with Gasteiger partial charge in [-0.3, -0.25) is 9.69 Å². The van der Waals surface area contributed by atoms with Crippen LogP contribution in [-0.2, 0) is 0 Å². The second-order valence-electron chi connectivity index (χ2n) is 6.11. The maximum Gasteiger partial charge on any atom is 0.260 e. The molecule has 0 saturated heterocycles. The van der Waals surface area contributed by atoms with Gasteiger partial charge in [0, 0.05) is 28.7 Å². The number of halogens is 2. The summed E-state index contributed by atoms with van der Waals surface area (Å²) in [6, 6.07) is 12.8. The Kier molecular flexibility index (Phi) is 6.71. The molecule has 3 rings (SSSR count). The van der Waals surface area contributed by atoms with E-state index in [1.165, 1.54) is 11.3 Å². The normalized spacial score (nSPS) is 11.3. The summed E-state index contributed by atoms with van der Waals surface area (Å²) in [5, 5.41) is 1.57. The zero-order chi connectivity index (χ0) is 19.4. The minimum atomic E-state index is -0.148. The van der Waals surface area contributed by atoms with Crippen LogP contribution in [0.25, 0.3) is 10.2 Å². The molecule has 0 spiro atoms. The van der Waals surface area contributed by atoms with E-state index in [0.29, 0.717) is 27.3 Å². The molecule has 0 aliphatic carbocycles. The average molecular weight is 422 g/mol. The lowest BCUT2D eigenvalue weighted by Gasteiger charge is -2.24. The molecule has 0 N–H and O–H groups in total. The van der Waals surface area contributed by atoms with Gasteiger partial charge in [-0.1, -0.05) is 60.5 Å². The Balaban J connectivity index is 1.96. The zero-order valence-electron chi connectivity index (χ0n) is 15.3. The first-order chi connectivity index (χ1) is 13.0. The molecular weight excluding hydrogens is 401 g/mol. The minimum absolute atomic E-state index is 0.148. The molecule has 0 radical (unpaired) electrons. The van der Waals surface area contributed by atoms with Crippen molar-refractivity contribution in [1.82, 2.24) is 9.88 Å². The third kappa shape index (κ3) is 4.79. The van der Waals surface area contributed by atoms with Crippen LogP contribution >= 0.6 is 34.5 Å². The molecule has 0 unspecified atom stereocenters. The standard InChI is InChI=1S/C20H21Cl2N3OS/c1-3-24(4-2)9-10-25(19(26)14-11-15(21)13-16(22)12-14)20-23-17-7-5-6-8-18(17)27-20/h5-8,11-13H,3-4,9-10H2,1-2H3. The highest BCUT2D eigenvalue weighted by molar-refractivity contribution is 7.22. The minimum Gasteiger partial charge on any atom is -0.302 e. The second-order valence-corrected chi connectivity index (χ2v) is 7.99. The number of benzene rings is 2. The summed E-state index contributed by atoms with van der Waals surface area (Å²) < 4.78 is 1.05. The van der Waals surface area contributed by atoms with E-state index in [-0.39, 0.29) is 5.91 Å². The third-order valence-electron chi connectivity index (χ3n) is 4.40. The van der Waals surface area contributed by atoms with Gasteiger partial charge >= 0.3 is 0 Å². The van der Waals surface area contributed by atoms with Crippen molar-refractivity contribution in [2.75, 3.05) is 31.1 Å². The quantitative estimate of drug-likeness (QED) is 0.498. The Bertz CT molecular complexity index is 887. The lowest BCUT2D eigenvalue weighted by molar-refractivity contribution is 0.0984. The van der Waals surface area contributed by atoms with Gasteiger partial charge < -0.3 is 4.90 Å². The lowest BCUT2D eigenvalue weighted by Crippen LogP contribution is -2.38. The number of hydrogen-bond acceptors (Lipinski definition) is 4. The number of amides is 1. The highest BCUT2D eigenvalue weighted by Gasteiger charge is 2.22. The number of nitrogens with zero attached hydrogens (tertiary/aromatic N) is 3. The number of para-hydroxylation sites is 1. The van der Waals surface area contributed by atoms with Crippen molar-refractivity contribution in [2.24, 2.45) is 0 Å². The van der Waals surface area contributed by atoms with Gasteiger partial charge in [0.2, 0.25) is 0 Å². The summed E-state index contributed by atoms with van der Waals surface area (Å²) in [6.45, 7) is 7.41. The van der Waals surface area contributed by atoms with Gasteiger partial charge in [-0.2, -0.15) is 0 Å². The zero-order valence-corrected chi connectivity index (χ0v) is 17.6. The van der Waals surface area contributed by atoms with Crippen LogP contribution in [0.2, 0.25) is 10.0 Å². The predicted octanol–water partition coefficient (Wildman–Crippen LogP) is 5.59. The summed E-state index contributed by atoms with van der Waals surface area (Å²) in [6.07, 6.45) is 0. The van der Waals surface area contributed by atoms with E-state index in [4.69, 9.17) is 23.2 Å². The monoisotopic (exact) mass is 421 g/mol. The topological polar surface area (TPSA) is 36.4 Å². The number of carbonyl (C=O) groups is 1. The fourth-order valence-corrected chi connectivity index (χ4v) is 4.39. The summed E-state index contributed by atoms with van der Waals surface area (Å²) in [5.74, 6) is -0.148. The number of aromatic nitrogens is 1. The number of rotatable bonds is 7. The SMILES string of the molecule is CCN(CC)CCN(C(=O)c1cc(Cl)cc(Cl)c1)c1nc2ccccc2s1. The molecule has 1 amide bonds. The highest BCUT2D eigenvalue weighted by atomic mass is 35.5. The smallest absolute Gasteiger partial charge is 0.260 e. The summed E-state index contributed by atoms with van der Waals surface area (Å²) in [7, 11) is 0. The molecule has 1 heterocycles. The van der Waals surface area contributed by atoms with Crippen LogP contribution in [0.5, 0.6) is 0 Å². The molecule has 142 valence electrons. The van der Waals surface area contributed by atoms with Gasteiger partial charge in [-0.15, -0.1) is 0 Å². The van der Waals surface area contributed by atoms with Crippen molar-refractivity contribution < 1.29 is 4.79 Å². The van der Waals surface area contributed by atoms with E-state index in [0.717, 1.165) is 29.9 Å². The molecule has 0 atom stereocenters. The van der Waals surface area contributed by atoms with Crippen molar-refractivity contribution in [3.8, 4) is 0 Å². The summed E-state index contributed by atoms with van der Waals surface area (Å²) in [5.41, 5.74) is 1.36. The Morgan fingerprint density at radius 3 is 2.33 bits per heavy atom. The van der Waals surface area contributed by atoms with Gasteiger partial charge in [-0.05, 0) is 43.4 Å². The molecule has 1 aromatic heterocycles. The van der Waals surface area contributed by atoms with Gasteiger partial charge in [0.25, 0.3) is 5.91 Å². The second kappa shape index (κ2) is 9.02. The maximum atomic E-state index is 13.3. The van der Waals surface area contributed by atoms with Crippen molar-refractivity contribution in [3.63, 3.8) is 0 Å². The number of carbonyl (C=O) groups excluding carboxylic acids is 1. The molecule has 7 heteroatoms. The van der Waals surface area contributed by atoms with E-state index in [2.05, 4.69) is 23.7 Å². The Labute approximate surface area is 173 Å². The van der Waals surface area contributed by atoms with Crippen LogP contribution in [0.1, 0.15) is 24.2 Å². The number of fused-ring (bicyclic) bond motifs is 1. The first-order valence-electron chi connectivity index (χ1n) is 8.87. The van der Waals surface area contributed by atoms with Crippen molar-refractivity contribution >= 4 is 55.8 Å². The summed E-state index contributed by atoms with van der Waals surface area (Å²) in [4.78, 5) is 21.9. The molecule has 0 saturated carbocycles. The molecule has 0 fully saturated rings. The molecule has 27 heavy (non-hydrogen) atoms. The van der Waals surface area contributed by atoms with Gasteiger partial charge in [0.05, 0.1) is 10.2 Å². The molecule has 0 aliphatic rings. The molecule has 0 bridgehead atoms. The maximum absolute atomic E-state index is 13.3. The van der Waals surface area contributed by atoms with E-state index in [9.17, 15) is 4.79 Å². The number of likely N-dealkylation sites (N-methyl/N-ethyl adjacent to an activating group) is 1. The van der Waals surface area contributed by atoms with E-state index in [1.54, 1.807) is 23.1 Å². The van der Waals surface area contributed by atoms with E-state index in [1.807, 2.05) is 24.3 Å². The predicted molar refractivity (Wildman–Crippen MR) is 116 cm³/mol. The number of anilines is 1. The van der Waals surface area contributed by atoms with Crippen LogP contribution in [0.4, 0.5) is 5.13 Å². The third-order valence-corrected chi connectivity index (χ3v) is 5.90. The van der Waals surface area contributed by atoms with Gasteiger partial charge in [-0.25, -0.2) is 4.98 Å². The van der Waals surface area contributed by atoms with Crippen molar-refractivity contribution in [2.45, 2.75) is 13.8 Å². The first-order valence-corrected chi connectivity index (χ1v) is 10.4. The Morgan fingerprint density at radius 1 is 1.04 bits per heavy atom. The number of hydrogen-bond donors (Lipinski definition) is 0. The molecule has 2 aromatic carbocycles. The largest absolute Gasteiger partial charge is 0.302 e. The molecule has 3 aromatic rings.